The Hall–Kier alpha value is -3.08. The van der Waals surface area contributed by atoms with Gasteiger partial charge in [0.2, 0.25) is 5.91 Å². The van der Waals surface area contributed by atoms with Crippen LogP contribution in [0.5, 0.6) is 5.75 Å². The van der Waals surface area contributed by atoms with Gasteiger partial charge < -0.3 is 15.0 Å². The third-order valence-electron chi connectivity index (χ3n) is 6.70. The number of halogens is 3. The van der Waals surface area contributed by atoms with Crippen LogP contribution in [0.15, 0.2) is 24.3 Å². The molecule has 0 aliphatic carbocycles. The van der Waals surface area contributed by atoms with E-state index in [1.54, 1.807) is 19.9 Å². The lowest BCUT2D eigenvalue weighted by atomic mass is 10.0. The van der Waals surface area contributed by atoms with Crippen molar-refractivity contribution in [3.05, 3.63) is 41.2 Å². The summed E-state index contributed by atoms with van der Waals surface area (Å²) in [7, 11) is 0. The number of aromatic nitrogens is 2. The molecule has 3 heterocycles. The fourth-order valence-electron chi connectivity index (χ4n) is 5.13. The molecule has 2 aliphatic rings. The molecule has 1 aromatic carbocycles. The molecular weight excluding hydrogens is 463 g/mol. The Bertz CT molecular complexity index is 1090. The number of hydrogen-bond acceptors (Lipinski definition) is 5. The quantitative estimate of drug-likeness (QED) is 0.692. The molecule has 0 spiro atoms. The lowest BCUT2D eigenvalue weighted by Crippen LogP contribution is -2.47. The average Bonchev–Trinajstić information content (AvgIpc) is 3.36. The number of nitrogens with zero attached hydrogens (tertiary/aromatic N) is 4. The molecule has 2 aromatic rings. The zero-order valence-electron chi connectivity index (χ0n) is 20.1. The first-order valence-corrected chi connectivity index (χ1v) is 11.7. The summed E-state index contributed by atoms with van der Waals surface area (Å²) in [6.45, 7) is 8.00. The highest BCUT2D eigenvalue weighted by Gasteiger charge is 2.34. The molecule has 11 heteroatoms. The van der Waals surface area contributed by atoms with Gasteiger partial charge in [-0.15, -0.1) is 13.2 Å². The van der Waals surface area contributed by atoms with Gasteiger partial charge in [-0.1, -0.05) is 6.07 Å². The Morgan fingerprint density at radius 1 is 1.11 bits per heavy atom. The second kappa shape index (κ2) is 9.88. The number of aryl methyl sites for hydroxylation is 1. The van der Waals surface area contributed by atoms with Crippen LogP contribution in [0.4, 0.5) is 13.2 Å². The molecular formula is C24H30F3N5O3. The first-order chi connectivity index (χ1) is 16.5. The van der Waals surface area contributed by atoms with Gasteiger partial charge in [-0.05, 0) is 45.2 Å². The Morgan fingerprint density at radius 3 is 2.49 bits per heavy atom. The van der Waals surface area contributed by atoms with Crippen LogP contribution in [0, 0.1) is 13.8 Å². The number of nitrogens with one attached hydrogen (secondary N) is 1. The maximum Gasteiger partial charge on any atom is 0.573 e. The Morgan fingerprint density at radius 2 is 1.83 bits per heavy atom. The van der Waals surface area contributed by atoms with E-state index in [4.69, 9.17) is 0 Å². The third-order valence-corrected chi connectivity index (χ3v) is 6.70. The molecule has 1 N–H and O–H groups in total. The zero-order valence-corrected chi connectivity index (χ0v) is 20.1. The summed E-state index contributed by atoms with van der Waals surface area (Å²) >= 11 is 0. The van der Waals surface area contributed by atoms with E-state index in [0.717, 1.165) is 32.4 Å². The molecule has 1 atom stereocenters. The first kappa shape index (κ1) is 25.0. The number of hydrogen-bond donors (Lipinski definition) is 1. The van der Waals surface area contributed by atoms with E-state index < -0.39 is 6.36 Å². The summed E-state index contributed by atoms with van der Waals surface area (Å²) in [5.74, 6) is -0.478. The summed E-state index contributed by atoms with van der Waals surface area (Å²) in [4.78, 5) is 28.9. The highest BCUT2D eigenvalue weighted by molar-refractivity contribution is 5.96. The van der Waals surface area contributed by atoms with Crippen LogP contribution < -0.4 is 10.1 Å². The van der Waals surface area contributed by atoms with Crippen molar-refractivity contribution in [1.82, 2.24) is 24.9 Å². The minimum absolute atomic E-state index is 0.0110. The van der Waals surface area contributed by atoms with E-state index in [0.29, 0.717) is 41.8 Å². The van der Waals surface area contributed by atoms with Crippen molar-refractivity contribution < 1.29 is 27.5 Å². The van der Waals surface area contributed by atoms with Gasteiger partial charge in [-0.3, -0.25) is 14.5 Å². The van der Waals surface area contributed by atoms with E-state index >= 15 is 0 Å². The number of piperidine rings is 1. The highest BCUT2D eigenvalue weighted by Crippen LogP contribution is 2.28. The number of benzene rings is 1. The van der Waals surface area contributed by atoms with E-state index in [1.165, 1.54) is 29.8 Å². The largest absolute Gasteiger partial charge is 0.573 e. The van der Waals surface area contributed by atoms with Gasteiger partial charge in [0.15, 0.2) is 0 Å². The van der Waals surface area contributed by atoms with Crippen molar-refractivity contribution in [2.24, 2.45) is 0 Å². The smallest absolute Gasteiger partial charge is 0.406 e. The maximum absolute atomic E-state index is 13.4. The lowest BCUT2D eigenvalue weighted by Gasteiger charge is -2.36. The van der Waals surface area contributed by atoms with Crippen molar-refractivity contribution in [2.45, 2.75) is 58.5 Å². The van der Waals surface area contributed by atoms with Crippen LogP contribution >= 0.6 is 0 Å². The van der Waals surface area contributed by atoms with Gasteiger partial charge in [0, 0.05) is 51.3 Å². The summed E-state index contributed by atoms with van der Waals surface area (Å²) in [6.07, 6.45) is -2.16. The molecule has 190 valence electrons. The number of rotatable bonds is 5. The number of carbonyl (C=O) groups excluding carboxylic acids is 2. The van der Waals surface area contributed by atoms with E-state index in [1.807, 2.05) is 4.90 Å². The predicted molar refractivity (Wildman–Crippen MR) is 122 cm³/mol. The molecule has 0 bridgehead atoms. The van der Waals surface area contributed by atoms with Crippen LogP contribution in [0.2, 0.25) is 0 Å². The van der Waals surface area contributed by atoms with Gasteiger partial charge in [-0.25, -0.2) is 4.68 Å². The van der Waals surface area contributed by atoms with Crippen molar-refractivity contribution in [3.63, 3.8) is 0 Å². The minimum atomic E-state index is -4.79. The van der Waals surface area contributed by atoms with Gasteiger partial charge in [0.1, 0.15) is 5.75 Å². The van der Waals surface area contributed by atoms with Crippen LogP contribution in [0.25, 0.3) is 5.69 Å². The van der Waals surface area contributed by atoms with Gasteiger partial charge in [0.25, 0.3) is 5.91 Å². The minimum Gasteiger partial charge on any atom is -0.406 e. The van der Waals surface area contributed by atoms with Gasteiger partial charge in [0.05, 0.1) is 22.6 Å². The second-order valence-corrected chi connectivity index (χ2v) is 9.21. The van der Waals surface area contributed by atoms with Crippen LogP contribution in [0.3, 0.4) is 0 Å². The monoisotopic (exact) mass is 493 g/mol. The maximum atomic E-state index is 13.4. The lowest BCUT2D eigenvalue weighted by molar-refractivity contribution is -0.274. The van der Waals surface area contributed by atoms with Gasteiger partial charge >= 0.3 is 6.36 Å². The molecule has 4 rings (SSSR count). The number of carbonyl (C=O) groups is 2. The van der Waals surface area contributed by atoms with Crippen LogP contribution in [0.1, 0.15) is 47.9 Å². The molecule has 1 aromatic heterocycles. The molecule has 0 saturated carbocycles. The summed E-state index contributed by atoms with van der Waals surface area (Å²) in [6, 6.07) is 6.09. The van der Waals surface area contributed by atoms with E-state index in [9.17, 15) is 22.8 Å². The fourth-order valence-corrected chi connectivity index (χ4v) is 5.13. The number of amides is 2. The molecule has 2 saturated heterocycles. The van der Waals surface area contributed by atoms with Crippen molar-refractivity contribution in [3.8, 4) is 11.4 Å². The number of ether oxygens (including phenoxy) is 1. The summed E-state index contributed by atoms with van der Waals surface area (Å²) < 4.78 is 43.3. The molecule has 2 aliphatic heterocycles. The van der Waals surface area contributed by atoms with Gasteiger partial charge in [-0.2, -0.15) is 5.10 Å². The van der Waals surface area contributed by atoms with Crippen LogP contribution in [-0.2, 0) is 4.79 Å². The standard InChI is InChI=1S/C24H30F3N5O3/c1-15-22(16(2)32(29-15)20-5-4-6-21(13-20)35-24(25,26)27)23(34)30-11-8-19(9-12-30)31-10-7-18(14-31)28-17(3)33/h4-6,13,18-19H,7-12,14H2,1-3H3,(H,28,33)/t18-/m0/s1. The number of alkyl halides is 3. The number of likely N-dealkylation sites (tertiary alicyclic amines) is 2. The van der Waals surface area contributed by atoms with Crippen molar-refractivity contribution in [2.75, 3.05) is 26.2 Å². The Balaban J connectivity index is 1.42. The molecule has 0 radical (unpaired) electrons. The zero-order chi connectivity index (χ0) is 25.3. The third kappa shape index (κ3) is 5.77. The Kier molecular flexibility index (Phi) is 7.07. The summed E-state index contributed by atoms with van der Waals surface area (Å²) in [5, 5.41) is 7.42. The fraction of sp³-hybridized carbons (Fsp3) is 0.542. The van der Waals surface area contributed by atoms with Crippen molar-refractivity contribution >= 4 is 11.8 Å². The average molecular weight is 494 g/mol. The molecule has 35 heavy (non-hydrogen) atoms. The molecule has 2 amide bonds. The Labute approximate surface area is 202 Å². The SMILES string of the molecule is CC(=O)N[C@H]1CCN(C2CCN(C(=O)c3c(C)nn(-c4cccc(OC(F)(F)F)c4)c3C)CC2)C1. The van der Waals surface area contributed by atoms with Crippen LogP contribution in [-0.4, -0.2) is 76.0 Å². The molecule has 8 nitrogen and oxygen atoms in total. The molecule has 0 unspecified atom stereocenters. The second-order valence-electron chi connectivity index (χ2n) is 9.21. The first-order valence-electron chi connectivity index (χ1n) is 11.7. The van der Waals surface area contributed by atoms with E-state index in [-0.39, 0.29) is 23.6 Å². The normalized spacial score (nSPS) is 19.7. The van der Waals surface area contributed by atoms with Crippen molar-refractivity contribution in [1.29, 1.82) is 0 Å². The highest BCUT2D eigenvalue weighted by atomic mass is 19.4. The topological polar surface area (TPSA) is 79.7 Å². The van der Waals surface area contributed by atoms with E-state index in [2.05, 4.69) is 20.1 Å². The predicted octanol–water partition coefficient (Wildman–Crippen LogP) is 3.20. The molecule has 2 fully saturated rings. The summed E-state index contributed by atoms with van der Waals surface area (Å²) in [5.41, 5.74) is 1.94.